The number of aromatic nitrogens is 1. The van der Waals surface area contributed by atoms with Gasteiger partial charge in [-0.2, -0.15) is 0 Å². The summed E-state index contributed by atoms with van der Waals surface area (Å²) in [5.74, 6) is 0.516. The van der Waals surface area contributed by atoms with E-state index in [-0.39, 0.29) is 11.7 Å². The number of carbonyl (C=O) groups is 1. The molecule has 4 nitrogen and oxygen atoms in total. The molecular weight excluding hydrogens is 308 g/mol. The number of amides is 1. The molecule has 0 spiro atoms. The molecule has 0 saturated heterocycles. The molecule has 0 aliphatic heterocycles. The molecule has 21 heavy (non-hydrogen) atoms. The fraction of sp³-hybridized carbons (Fsp3) is 0.600. The van der Waals surface area contributed by atoms with Crippen LogP contribution in [0.15, 0.2) is 23.4 Å². The van der Waals surface area contributed by atoms with Crippen LogP contribution in [0, 0.1) is 5.92 Å². The van der Waals surface area contributed by atoms with Crippen LogP contribution in [0.25, 0.3) is 0 Å². The van der Waals surface area contributed by atoms with Crippen LogP contribution in [0.1, 0.15) is 38.5 Å². The lowest BCUT2D eigenvalue weighted by atomic mass is 9.87. The molecule has 1 atom stereocenters. The van der Waals surface area contributed by atoms with Gasteiger partial charge in [0, 0.05) is 12.7 Å². The molecule has 1 heterocycles. The van der Waals surface area contributed by atoms with E-state index < -0.39 is 10.8 Å². The van der Waals surface area contributed by atoms with Gasteiger partial charge in [0.15, 0.2) is 0 Å². The fourth-order valence-corrected chi connectivity index (χ4v) is 3.62. The van der Waals surface area contributed by atoms with E-state index in [4.69, 9.17) is 11.6 Å². The number of hydrogen-bond acceptors (Lipinski definition) is 3. The molecule has 2 rings (SSSR count). The maximum absolute atomic E-state index is 12.0. The first-order valence-electron chi connectivity index (χ1n) is 7.42. The van der Waals surface area contributed by atoms with Crippen LogP contribution >= 0.6 is 11.6 Å². The van der Waals surface area contributed by atoms with Crippen molar-refractivity contribution < 1.29 is 9.00 Å². The second-order valence-corrected chi connectivity index (χ2v) is 7.28. The van der Waals surface area contributed by atoms with Gasteiger partial charge in [-0.15, -0.1) is 0 Å². The Morgan fingerprint density at radius 2 is 2.10 bits per heavy atom. The highest BCUT2D eigenvalue weighted by Gasteiger charge is 2.14. The summed E-state index contributed by atoms with van der Waals surface area (Å²) < 4.78 is 12.0. The Balaban J connectivity index is 1.68. The zero-order valence-electron chi connectivity index (χ0n) is 12.0. The van der Waals surface area contributed by atoms with Crippen LogP contribution in [0.4, 0.5) is 0 Å². The van der Waals surface area contributed by atoms with Crippen LogP contribution in [0.5, 0.6) is 0 Å². The molecule has 1 unspecified atom stereocenters. The van der Waals surface area contributed by atoms with Gasteiger partial charge in [-0.05, 0) is 24.5 Å². The lowest BCUT2D eigenvalue weighted by Gasteiger charge is -2.21. The van der Waals surface area contributed by atoms with E-state index in [0.29, 0.717) is 16.6 Å². The Morgan fingerprint density at radius 1 is 1.33 bits per heavy atom. The van der Waals surface area contributed by atoms with E-state index in [0.717, 1.165) is 12.3 Å². The Labute approximate surface area is 133 Å². The number of pyridine rings is 1. The van der Waals surface area contributed by atoms with E-state index in [1.165, 1.54) is 38.3 Å². The first kappa shape index (κ1) is 16.4. The summed E-state index contributed by atoms with van der Waals surface area (Å²) in [6.07, 6.45) is 8.98. The first-order valence-corrected chi connectivity index (χ1v) is 9.11. The normalized spacial score (nSPS) is 17.4. The highest BCUT2D eigenvalue weighted by atomic mass is 35.5. The Kier molecular flexibility index (Phi) is 6.64. The molecule has 1 fully saturated rings. The van der Waals surface area contributed by atoms with Gasteiger partial charge in [0.2, 0.25) is 5.91 Å². The zero-order chi connectivity index (χ0) is 15.1. The summed E-state index contributed by atoms with van der Waals surface area (Å²) >= 11 is 5.72. The fourth-order valence-electron chi connectivity index (χ4n) is 2.63. The molecule has 6 heteroatoms. The van der Waals surface area contributed by atoms with Crippen molar-refractivity contribution in [2.75, 3.05) is 12.3 Å². The van der Waals surface area contributed by atoms with Gasteiger partial charge >= 0.3 is 0 Å². The topological polar surface area (TPSA) is 59.1 Å². The van der Waals surface area contributed by atoms with Crippen LogP contribution in [-0.2, 0) is 15.6 Å². The van der Waals surface area contributed by atoms with Crippen molar-refractivity contribution in [1.29, 1.82) is 0 Å². The van der Waals surface area contributed by atoms with Gasteiger partial charge in [-0.1, -0.05) is 43.7 Å². The minimum absolute atomic E-state index is 0.0424. The molecule has 1 aliphatic carbocycles. The summed E-state index contributed by atoms with van der Waals surface area (Å²) in [4.78, 5) is 15.8. The van der Waals surface area contributed by atoms with Gasteiger partial charge in [-0.25, -0.2) is 4.98 Å². The predicted molar refractivity (Wildman–Crippen MR) is 84.7 cm³/mol. The molecule has 116 valence electrons. The van der Waals surface area contributed by atoms with Crippen LogP contribution in [0.3, 0.4) is 0 Å². The van der Waals surface area contributed by atoms with Crippen molar-refractivity contribution in [1.82, 2.24) is 10.3 Å². The Morgan fingerprint density at radius 3 is 2.76 bits per heavy atom. The molecule has 1 N–H and O–H groups in total. The minimum Gasteiger partial charge on any atom is -0.355 e. The van der Waals surface area contributed by atoms with Crippen LogP contribution in [-0.4, -0.2) is 27.4 Å². The monoisotopic (exact) mass is 328 g/mol. The number of nitrogens with one attached hydrogen (secondary N) is 1. The van der Waals surface area contributed by atoms with Crippen molar-refractivity contribution in [2.45, 2.75) is 43.6 Å². The van der Waals surface area contributed by atoms with E-state index in [1.54, 1.807) is 12.1 Å². The van der Waals surface area contributed by atoms with Crippen molar-refractivity contribution in [3.8, 4) is 0 Å². The second kappa shape index (κ2) is 8.49. The zero-order valence-corrected chi connectivity index (χ0v) is 13.6. The van der Waals surface area contributed by atoms with Gasteiger partial charge in [-0.3, -0.25) is 9.00 Å². The van der Waals surface area contributed by atoms with E-state index in [1.807, 2.05) is 0 Å². The molecule has 1 aromatic heterocycles. The quantitative estimate of drug-likeness (QED) is 0.873. The molecule has 0 bridgehead atoms. The largest absolute Gasteiger partial charge is 0.355 e. The number of carbonyl (C=O) groups excluding carboxylic acids is 1. The minimum atomic E-state index is -1.41. The average Bonchev–Trinajstić information content (AvgIpc) is 2.49. The summed E-state index contributed by atoms with van der Waals surface area (Å²) in [7, 11) is -1.41. The third kappa shape index (κ3) is 5.75. The van der Waals surface area contributed by atoms with Gasteiger partial charge in [0.05, 0.1) is 15.8 Å². The SMILES string of the molecule is O=C(CS(=O)c1ccc(Cl)cn1)NCCC1CCCCC1. The average molecular weight is 329 g/mol. The molecule has 0 aromatic carbocycles. The number of nitrogens with zero attached hydrogens (tertiary/aromatic N) is 1. The molecule has 0 radical (unpaired) electrons. The van der Waals surface area contributed by atoms with Gasteiger partial charge in [0.1, 0.15) is 10.8 Å². The third-order valence-corrected chi connectivity index (χ3v) is 5.25. The standard InChI is InChI=1S/C15H21ClN2O2S/c16-13-6-7-15(18-10-13)21(20)11-14(19)17-9-8-12-4-2-1-3-5-12/h6-7,10,12H,1-5,8-9,11H2,(H,17,19). The predicted octanol–water partition coefficient (Wildman–Crippen LogP) is 2.93. The Hall–Kier alpha value is -0.940. The number of hydrogen-bond donors (Lipinski definition) is 1. The summed E-state index contributed by atoms with van der Waals surface area (Å²) in [5.41, 5.74) is 0. The van der Waals surface area contributed by atoms with Crippen molar-refractivity contribution in [3.05, 3.63) is 23.4 Å². The Bertz CT molecular complexity index is 487. The van der Waals surface area contributed by atoms with E-state index in [9.17, 15) is 9.00 Å². The van der Waals surface area contributed by atoms with Crippen molar-refractivity contribution >= 4 is 28.3 Å². The molecule has 1 aromatic rings. The first-order chi connectivity index (χ1) is 10.1. The van der Waals surface area contributed by atoms with E-state index >= 15 is 0 Å². The van der Waals surface area contributed by atoms with Crippen LogP contribution in [0.2, 0.25) is 5.02 Å². The highest BCUT2D eigenvalue weighted by Crippen LogP contribution is 2.25. The highest BCUT2D eigenvalue weighted by molar-refractivity contribution is 7.85. The lowest BCUT2D eigenvalue weighted by Crippen LogP contribution is -2.30. The lowest BCUT2D eigenvalue weighted by molar-refractivity contribution is -0.118. The van der Waals surface area contributed by atoms with Gasteiger partial charge in [0.25, 0.3) is 0 Å². The summed E-state index contributed by atoms with van der Waals surface area (Å²) in [6.45, 7) is 0.675. The van der Waals surface area contributed by atoms with Crippen molar-refractivity contribution in [3.63, 3.8) is 0 Å². The molecule has 1 aliphatic rings. The number of halogens is 1. The second-order valence-electron chi connectivity index (χ2n) is 5.45. The van der Waals surface area contributed by atoms with Crippen molar-refractivity contribution in [2.24, 2.45) is 5.92 Å². The van der Waals surface area contributed by atoms with E-state index in [2.05, 4.69) is 10.3 Å². The van der Waals surface area contributed by atoms with Gasteiger partial charge < -0.3 is 5.32 Å². The van der Waals surface area contributed by atoms with Crippen LogP contribution < -0.4 is 5.32 Å². The maximum atomic E-state index is 12.0. The molecule has 1 saturated carbocycles. The smallest absolute Gasteiger partial charge is 0.233 e. The molecular formula is C15H21ClN2O2S. The maximum Gasteiger partial charge on any atom is 0.233 e. The third-order valence-electron chi connectivity index (χ3n) is 3.80. The number of rotatable bonds is 6. The summed E-state index contributed by atoms with van der Waals surface area (Å²) in [6, 6.07) is 3.22. The molecule has 1 amide bonds. The summed E-state index contributed by atoms with van der Waals surface area (Å²) in [5, 5.41) is 3.74.